The number of sulfonamides is 1. The van der Waals surface area contributed by atoms with E-state index < -0.39 is 21.2 Å². The van der Waals surface area contributed by atoms with Gasteiger partial charge in [-0.25, -0.2) is 13.1 Å². The minimum Gasteiger partial charge on any atom is -0.490 e. The molecule has 3 aromatic rings. The van der Waals surface area contributed by atoms with Gasteiger partial charge in [0, 0.05) is 29.1 Å². The minimum atomic E-state index is -3.90. The Bertz CT molecular complexity index is 1800. The highest BCUT2D eigenvalue weighted by molar-refractivity contribution is 7.90. The molecule has 2 aromatic carbocycles. The van der Waals surface area contributed by atoms with Crippen molar-refractivity contribution in [2.45, 2.75) is 75.2 Å². The quantitative estimate of drug-likeness (QED) is 0.390. The van der Waals surface area contributed by atoms with Gasteiger partial charge in [-0.15, -0.1) is 10.2 Å². The van der Waals surface area contributed by atoms with Crippen molar-refractivity contribution in [1.82, 2.24) is 24.9 Å². The second-order valence-electron chi connectivity index (χ2n) is 13.6. The first-order chi connectivity index (χ1) is 22.6. The van der Waals surface area contributed by atoms with E-state index in [2.05, 4.69) is 43.2 Å². The number of nitrogens with zero attached hydrogens (tertiary/aromatic N) is 5. The Hall–Kier alpha value is -3.48. The third-order valence-corrected chi connectivity index (χ3v) is 12.4. The van der Waals surface area contributed by atoms with Crippen molar-refractivity contribution in [1.29, 1.82) is 0 Å². The molecular formula is C34H41ClN6O5S. The van der Waals surface area contributed by atoms with Crippen LogP contribution in [0.5, 0.6) is 5.75 Å². The molecule has 47 heavy (non-hydrogen) atoms. The highest BCUT2D eigenvalue weighted by atomic mass is 35.5. The number of aromatic nitrogens is 4. The van der Waals surface area contributed by atoms with Crippen LogP contribution in [-0.2, 0) is 40.3 Å². The first kappa shape index (κ1) is 32.1. The summed E-state index contributed by atoms with van der Waals surface area (Å²) < 4.78 is 41.7. The summed E-state index contributed by atoms with van der Waals surface area (Å²) in [5, 5.41) is 12.3. The van der Waals surface area contributed by atoms with E-state index in [0.717, 1.165) is 49.4 Å². The van der Waals surface area contributed by atoms with Gasteiger partial charge in [0.25, 0.3) is 5.91 Å². The summed E-state index contributed by atoms with van der Waals surface area (Å²) in [5.74, 6) is 1.13. The van der Waals surface area contributed by atoms with E-state index in [9.17, 15) is 13.2 Å². The van der Waals surface area contributed by atoms with Crippen LogP contribution in [0.15, 0.2) is 48.6 Å². The fourth-order valence-electron chi connectivity index (χ4n) is 7.67. The second-order valence-corrected chi connectivity index (χ2v) is 16.1. The standard InChI is InChI=1S/C34H41ClN6O5S/c1-22-6-3-4-8-30(45-19-32-36-39-40(2)37-32)27-12-9-25(27)18-41-20-34(15-5-7-23-16-26(35)11-13-28(23)34)21-46-31-14-10-24(17-29(31)41)33(42)38-47(22,43)44/h4,8,10-11,13-14,16-17,22,25,27,30H,3,5-7,9,12,15,18-21H2,1-2H3,(H,38,42)/b8-4+/t22-,25+,27-,30+,34+/m1/s1. The van der Waals surface area contributed by atoms with Gasteiger partial charge in [0.15, 0.2) is 5.82 Å². The van der Waals surface area contributed by atoms with Crippen molar-refractivity contribution in [3.63, 3.8) is 0 Å². The number of halogens is 1. The Kier molecular flexibility index (Phi) is 8.77. The summed E-state index contributed by atoms with van der Waals surface area (Å²) >= 11 is 6.43. The molecule has 2 bridgehead atoms. The number of nitrogens with one attached hydrogen (secondary N) is 1. The number of amides is 1. The van der Waals surface area contributed by atoms with Crippen LogP contribution >= 0.6 is 11.6 Å². The largest absolute Gasteiger partial charge is 0.490 e. The normalized spacial score (nSPS) is 29.4. The molecule has 4 aliphatic rings. The van der Waals surface area contributed by atoms with Gasteiger partial charge < -0.3 is 14.4 Å². The van der Waals surface area contributed by atoms with E-state index in [-0.39, 0.29) is 29.6 Å². The van der Waals surface area contributed by atoms with Gasteiger partial charge in [-0.05, 0) is 110 Å². The molecular weight excluding hydrogens is 640 g/mol. The number of rotatable bonds is 3. The number of fused-ring (bicyclic) bond motifs is 4. The number of hydrogen-bond acceptors (Lipinski definition) is 9. The molecule has 1 spiro atoms. The lowest BCUT2D eigenvalue weighted by atomic mass is 9.68. The molecule has 2 aliphatic carbocycles. The zero-order valence-corrected chi connectivity index (χ0v) is 28.3. The first-order valence-electron chi connectivity index (χ1n) is 16.5. The summed E-state index contributed by atoms with van der Waals surface area (Å²) in [4.78, 5) is 17.2. The summed E-state index contributed by atoms with van der Waals surface area (Å²) in [6.07, 6.45) is 9.78. The van der Waals surface area contributed by atoms with Crippen LogP contribution in [-0.4, -0.2) is 65.6 Å². The summed E-state index contributed by atoms with van der Waals surface area (Å²) in [5.41, 5.74) is 3.33. The number of hydrogen-bond donors (Lipinski definition) is 1. The van der Waals surface area contributed by atoms with Crippen molar-refractivity contribution in [3.8, 4) is 5.75 Å². The fraction of sp³-hybridized carbons (Fsp3) is 0.529. The lowest BCUT2D eigenvalue weighted by molar-refractivity contribution is -0.0249. The van der Waals surface area contributed by atoms with Crippen molar-refractivity contribution >= 4 is 33.2 Å². The Labute approximate surface area is 280 Å². The maximum atomic E-state index is 13.4. The van der Waals surface area contributed by atoms with E-state index >= 15 is 0 Å². The molecule has 2 aliphatic heterocycles. The van der Waals surface area contributed by atoms with E-state index in [1.807, 2.05) is 18.2 Å². The maximum Gasteiger partial charge on any atom is 0.264 e. The van der Waals surface area contributed by atoms with Crippen molar-refractivity contribution in [2.75, 3.05) is 24.6 Å². The van der Waals surface area contributed by atoms with Crippen LogP contribution < -0.4 is 14.4 Å². The molecule has 7 rings (SSSR count). The lowest BCUT2D eigenvalue weighted by Crippen LogP contribution is -2.49. The van der Waals surface area contributed by atoms with Crippen LogP contribution in [0.2, 0.25) is 5.02 Å². The zero-order chi connectivity index (χ0) is 32.8. The summed E-state index contributed by atoms with van der Waals surface area (Å²) in [6.45, 7) is 3.79. The van der Waals surface area contributed by atoms with E-state index in [0.29, 0.717) is 43.5 Å². The Morgan fingerprint density at radius 3 is 2.83 bits per heavy atom. The molecule has 0 unspecified atom stereocenters. The number of tetrazole rings is 1. The first-order valence-corrected chi connectivity index (χ1v) is 18.4. The average molecular weight is 681 g/mol. The lowest BCUT2D eigenvalue weighted by Gasteiger charge is -2.46. The van der Waals surface area contributed by atoms with Gasteiger partial charge in [0.1, 0.15) is 12.4 Å². The molecule has 0 radical (unpaired) electrons. The third-order valence-electron chi connectivity index (χ3n) is 10.4. The molecule has 250 valence electrons. The van der Waals surface area contributed by atoms with Crippen LogP contribution in [0.1, 0.15) is 72.8 Å². The van der Waals surface area contributed by atoms with Crippen LogP contribution in [0.25, 0.3) is 0 Å². The topological polar surface area (TPSA) is 129 Å². The molecule has 1 aromatic heterocycles. The van der Waals surface area contributed by atoms with Gasteiger partial charge in [0.2, 0.25) is 10.0 Å². The van der Waals surface area contributed by atoms with Crippen molar-refractivity contribution < 1.29 is 22.7 Å². The summed E-state index contributed by atoms with van der Waals surface area (Å²) in [6, 6.07) is 11.5. The Morgan fingerprint density at radius 1 is 1.17 bits per heavy atom. The predicted octanol–water partition coefficient (Wildman–Crippen LogP) is 4.75. The van der Waals surface area contributed by atoms with Gasteiger partial charge >= 0.3 is 0 Å². The summed E-state index contributed by atoms with van der Waals surface area (Å²) in [7, 11) is -2.17. The van der Waals surface area contributed by atoms with Crippen LogP contribution in [0.4, 0.5) is 5.69 Å². The van der Waals surface area contributed by atoms with E-state index in [4.69, 9.17) is 21.1 Å². The molecule has 0 saturated heterocycles. The van der Waals surface area contributed by atoms with Crippen LogP contribution in [0.3, 0.4) is 0 Å². The van der Waals surface area contributed by atoms with Gasteiger partial charge in [-0.1, -0.05) is 29.8 Å². The molecule has 3 heterocycles. The Morgan fingerprint density at radius 2 is 2.04 bits per heavy atom. The number of benzene rings is 2. The smallest absolute Gasteiger partial charge is 0.264 e. The number of aryl methyl sites for hydroxylation is 2. The van der Waals surface area contributed by atoms with Crippen LogP contribution in [0, 0.1) is 11.8 Å². The molecule has 1 saturated carbocycles. The molecule has 13 heteroatoms. The minimum absolute atomic E-state index is 0.197. The SMILES string of the molecule is C[C@@H]1CC/C=C/[C@H](OCc2nnn(C)n2)[C@@H]2CC[C@H]2CN2C[C@@]3(CCCc4cc(Cl)ccc43)COc3ccc(cc32)C(=O)NS1(=O)=O. The monoisotopic (exact) mass is 680 g/mol. The zero-order valence-electron chi connectivity index (χ0n) is 26.8. The maximum absolute atomic E-state index is 13.4. The van der Waals surface area contributed by atoms with Crippen molar-refractivity contribution in [3.05, 3.63) is 76.1 Å². The number of carbonyl (C=O) groups excluding carboxylic acids is 1. The molecule has 5 atom stereocenters. The molecule has 1 fully saturated rings. The highest BCUT2D eigenvalue weighted by Crippen LogP contribution is 2.47. The number of anilines is 1. The second kappa shape index (κ2) is 12.9. The molecule has 1 amide bonds. The van der Waals surface area contributed by atoms with Gasteiger partial charge in [0.05, 0.1) is 30.7 Å². The highest BCUT2D eigenvalue weighted by Gasteiger charge is 2.44. The number of ether oxygens (including phenoxy) is 2. The fourth-order valence-corrected chi connectivity index (χ4v) is 8.89. The molecule has 11 nitrogen and oxygen atoms in total. The number of carbonyl (C=O) groups is 1. The average Bonchev–Trinajstić information content (AvgIpc) is 3.39. The van der Waals surface area contributed by atoms with Crippen molar-refractivity contribution in [2.24, 2.45) is 18.9 Å². The van der Waals surface area contributed by atoms with Gasteiger partial charge in [-0.3, -0.25) is 4.79 Å². The van der Waals surface area contributed by atoms with E-state index in [1.165, 1.54) is 15.9 Å². The molecule has 1 N–H and O–H groups in total. The Balaban J connectivity index is 1.26. The third kappa shape index (κ3) is 6.51. The number of allylic oxidation sites excluding steroid dienone is 1. The van der Waals surface area contributed by atoms with E-state index in [1.54, 1.807) is 26.1 Å². The predicted molar refractivity (Wildman–Crippen MR) is 178 cm³/mol. The van der Waals surface area contributed by atoms with Gasteiger partial charge in [-0.2, -0.15) is 4.80 Å².